The molecular weight excluding hydrogens is 254 g/mol. The van der Waals surface area contributed by atoms with Gasteiger partial charge in [0, 0.05) is 11.9 Å². The lowest BCUT2D eigenvalue weighted by atomic mass is 10.2. The maximum Gasteiger partial charge on any atom is 0.154 e. The van der Waals surface area contributed by atoms with Crippen LogP contribution in [0.15, 0.2) is 72.0 Å². The van der Waals surface area contributed by atoms with E-state index in [1.54, 1.807) is 18.0 Å². The summed E-state index contributed by atoms with van der Waals surface area (Å²) in [5, 5.41) is 5.43. The molecule has 0 fully saturated rings. The monoisotopic (exact) mass is 267 g/mol. The Kier molecular flexibility index (Phi) is 3.61. The topological polar surface area (TPSA) is 30.7 Å². The molecule has 4 heteroatoms. The van der Waals surface area contributed by atoms with Crippen LogP contribution in [0, 0.1) is 0 Å². The molecule has 0 unspecified atom stereocenters. The minimum Gasteiger partial charge on any atom is -0.237 e. The Labute approximate surface area is 116 Å². The van der Waals surface area contributed by atoms with Crippen LogP contribution in [0.2, 0.25) is 0 Å². The number of hydrogen-bond donors (Lipinski definition) is 0. The smallest absolute Gasteiger partial charge is 0.154 e. The van der Waals surface area contributed by atoms with Gasteiger partial charge in [-0.05, 0) is 23.8 Å². The summed E-state index contributed by atoms with van der Waals surface area (Å²) in [4.78, 5) is 4.32. The summed E-state index contributed by atoms with van der Waals surface area (Å²) in [5.41, 5.74) is 1.31. The maximum atomic E-state index is 4.33. The maximum absolute atomic E-state index is 4.33. The van der Waals surface area contributed by atoms with Gasteiger partial charge in [-0.2, -0.15) is 5.10 Å². The molecule has 19 heavy (non-hydrogen) atoms. The lowest BCUT2D eigenvalue weighted by molar-refractivity contribution is 0.777. The first kappa shape index (κ1) is 12.0. The van der Waals surface area contributed by atoms with E-state index >= 15 is 0 Å². The van der Waals surface area contributed by atoms with Gasteiger partial charge in [-0.15, -0.1) is 11.8 Å². The van der Waals surface area contributed by atoms with Gasteiger partial charge in [0.05, 0.1) is 6.20 Å². The molecule has 3 rings (SSSR count). The van der Waals surface area contributed by atoms with Crippen molar-refractivity contribution in [2.45, 2.75) is 10.8 Å². The summed E-state index contributed by atoms with van der Waals surface area (Å²) in [6, 6.07) is 18.3. The molecule has 0 aliphatic rings. The minimum absolute atomic E-state index is 0.850. The van der Waals surface area contributed by atoms with Crippen LogP contribution >= 0.6 is 11.8 Å². The quantitative estimate of drug-likeness (QED) is 0.677. The number of rotatable bonds is 4. The van der Waals surface area contributed by atoms with E-state index in [9.17, 15) is 0 Å². The van der Waals surface area contributed by atoms with Crippen LogP contribution < -0.4 is 0 Å². The van der Waals surface area contributed by atoms with E-state index in [0.717, 1.165) is 16.6 Å². The minimum atomic E-state index is 0.850. The van der Waals surface area contributed by atoms with E-state index in [-0.39, 0.29) is 0 Å². The van der Waals surface area contributed by atoms with Crippen molar-refractivity contribution in [2.75, 3.05) is 0 Å². The van der Waals surface area contributed by atoms with E-state index < -0.39 is 0 Å². The Morgan fingerprint density at radius 1 is 0.895 bits per heavy atom. The number of aromatic nitrogens is 3. The number of benzene rings is 1. The highest BCUT2D eigenvalue weighted by molar-refractivity contribution is 7.98. The molecule has 0 saturated heterocycles. The van der Waals surface area contributed by atoms with E-state index in [1.165, 1.54) is 5.56 Å². The number of pyridine rings is 1. The Morgan fingerprint density at radius 3 is 2.53 bits per heavy atom. The van der Waals surface area contributed by atoms with Crippen molar-refractivity contribution >= 4 is 11.8 Å². The Morgan fingerprint density at radius 2 is 1.74 bits per heavy atom. The van der Waals surface area contributed by atoms with Gasteiger partial charge in [-0.3, -0.25) is 0 Å². The average molecular weight is 267 g/mol. The SMILES string of the molecule is c1ccc(CSc2ccnn2-c2ccccn2)cc1. The highest BCUT2D eigenvalue weighted by atomic mass is 32.2. The molecule has 0 radical (unpaired) electrons. The van der Waals surface area contributed by atoms with Crippen LogP contribution in [0.25, 0.3) is 5.82 Å². The Bertz CT molecular complexity index is 635. The molecule has 1 aromatic carbocycles. The summed E-state index contributed by atoms with van der Waals surface area (Å²) >= 11 is 1.76. The molecular formula is C15H13N3S. The molecule has 94 valence electrons. The van der Waals surface area contributed by atoms with Crippen LogP contribution in [0.4, 0.5) is 0 Å². The third kappa shape index (κ3) is 2.85. The van der Waals surface area contributed by atoms with Gasteiger partial charge in [0.25, 0.3) is 0 Å². The molecule has 2 aromatic heterocycles. The zero-order valence-corrected chi connectivity index (χ0v) is 11.1. The zero-order chi connectivity index (χ0) is 12.9. The second-order valence-corrected chi connectivity index (χ2v) is 5.04. The average Bonchev–Trinajstić information content (AvgIpc) is 2.95. The second kappa shape index (κ2) is 5.71. The molecule has 0 aliphatic carbocycles. The van der Waals surface area contributed by atoms with Gasteiger partial charge in [0.1, 0.15) is 5.03 Å². The summed E-state index contributed by atoms with van der Waals surface area (Å²) in [5.74, 6) is 1.78. The van der Waals surface area contributed by atoms with Crippen molar-refractivity contribution in [1.82, 2.24) is 14.8 Å². The third-order valence-corrected chi connectivity index (χ3v) is 3.79. The van der Waals surface area contributed by atoms with Crippen molar-refractivity contribution in [2.24, 2.45) is 0 Å². The van der Waals surface area contributed by atoms with Crippen LogP contribution in [0.1, 0.15) is 5.56 Å². The van der Waals surface area contributed by atoms with Gasteiger partial charge in [0.15, 0.2) is 5.82 Å². The second-order valence-electron chi connectivity index (χ2n) is 4.04. The van der Waals surface area contributed by atoms with Gasteiger partial charge >= 0.3 is 0 Å². The van der Waals surface area contributed by atoms with Crippen molar-refractivity contribution in [3.05, 3.63) is 72.6 Å². The molecule has 0 amide bonds. The van der Waals surface area contributed by atoms with Gasteiger partial charge in [0.2, 0.25) is 0 Å². The molecule has 0 saturated carbocycles. The largest absolute Gasteiger partial charge is 0.237 e. The predicted molar refractivity (Wildman–Crippen MR) is 77.4 cm³/mol. The first-order chi connectivity index (χ1) is 9.43. The summed E-state index contributed by atoms with van der Waals surface area (Å²) < 4.78 is 1.87. The molecule has 0 spiro atoms. The molecule has 0 N–H and O–H groups in total. The van der Waals surface area contributed by atoms with Crippen LogP contribution in [0.5, 0.6) is 0 Å². The third-order valence-electron chi connectivity index (χ3n) is 2.70. The van der Waals surface area contributed by atoms with E-state index in [1.807, 2.05) is 41.2 Å². The molecule has 3 aromatic rings. The summed E-state index contributed by atoms with van der Waals surface area (Å²) in [6.45, 7) is 0. The first-order valence-corrected chi connectivity index (χ1v) is 7.04. The highest BCUT2D eigenvalue weighted by Gasteiger charge is 2.06. The van der Waals surface area contributed by atoms with E-state index in [0.29, 0.717) is 0 Å². The predicted octanol–water partition coefficient (Wildman–Crippen LogP) is 3.56. The Hall–Kier alpha value is -2.07. The summed E-state index contributed by atoms with van der Waals surface area (Å²) in [6.07, 6.45) is 3.59. The molecule has 3 nitrogen and oxygen atoms in total. The lowest BCUT2D eigenvalue weighted by Crippen LogP contribution is -2.00. The van der Waals surface area contributed by atoms with E-state index in [4.69, 9.17) is 0 Å². The zero-order valence-electron chi connectivity index (χ0n) is 10.3. The van der Waals surface area contributed by atoms with Crippen LogP contribution in [-0.2, 0) is 5.75 Å². The van der Waals surface area contributed by atoms with Crippen LogP contribution in [-0.4, -0.2) is 14.8 Å². The number of thioether (sulfide) groups is 1. The number of hydrogen-bond acceptors (Lipinski definition) is 3. The standard InChI is InChI=1S/C15H13N3S/c1-2-6-13(7-3-1)12-19-15-9-11-17-18(15)14-8-4-5-10-16-14/h1-11H,12H2. The molecule has 0 bridgehead atoms. The molecule has 0 aliphatic heterocycles. The first-order valence-electron chi connectivity index (χ1n) is 6.05. The molecule has 0 atom stereocenters. The van der Waals surface area contributed by atoms with Gasteiger partial charge in [-0.1, -0.05) is 36.4 Å². The van der Waals surface area contributed by atoms with Gasteiger partial charge in [-0.25, -0.2) is 9.67 Å². The fourth-order valence-corrected chi connectivity index (χ4v) is 2.71. The fraction of sp³-hybridized carbons (Fsp3) is 0.0667. The summed E-state index contributed by atoms with van der Waals surface area (Å²) in [7, 11) is 0. The highest BCUT2D eigenvalue weighted by Crippen LogP contribution is 2.24. The van der Waals surface area contributed by atoms with Crippen molar-refractivity contribution in [3.8, 4) is 5.82 Å². The van der Waals surface area contributed by atoms with Crippen molar-refractivity contribution in [3.63, 3.8) is 0 Å². The Balaban J connectivity index is 1.78. The van der Waals surface area contributed by atoms with Gasteiger partial charge < -0.3 is 0 Å². The normalized spacial score (nSPS) is 10.5. The van der Waals surface area contributed by atoms with Crippen molar-refractivity contribution in [1.29, 1.82) is 0 Å². The van der Waals surface area contributed by atoms with E-state index in [2.05, 4.69) is 34.3 Å². The fourth-order valence-electron chi connectivity index (χ4n) is 1.78. The lowest BCUT2D eigenvalue weighted by Gasteiger charge is -2.06. The number of nitrogens with zero attached hydrogens (tertiary/aromatic N) is 3. The molecule has 2 heterocycles. The van der Waals surface area contributed by atoms with Crippen molar-refractivity contribution < 1.29 is 0 Å². The van der Waals surface area contributed by atoms with Crippen LogP contribution in [0.3, 0.4) is 0 Å².